The van der Waals surface area contributed by atoms with Gasteiger partial charge in [0.05, 0.1) is 21.9 Å². The summed E-state index contributed by atoms with van der Waals surface area (Å²) in [5.74, 6) is 1.08. The van der Waals surface area contributed by atoms with Crippen LogP contribution < -0.4 is 11.1 Å². The minimum absolute atomic E-state index is 0.0784. The topological polar surface area (TPSA) is 117 Å². The number of fused-ring (bicyclic) bond motifs is 2. The van der Waals surface area contributed by atoms with Crippen molar-refractivity contribution in [2.24, 2.45) is 11.3 Å². The quantitative estimate of drug-likeness (QED) is 0.480. The van der Waals surface area contributed by atoms with E-state index in [-0.39, 0.29) is 33.9 Å². The molecule has 9 heteroatoms. The van der Waals surface area contributed by atoms with E-state index in [1.54, 1.807) is 18.2 Å². The Morgan fingerprint density at radius 2 is 2.07 bits per heavy atom. The second kappa shape index (κ2) is 5.68. The summed E-state index contributed by atoms with van der Waals surface area (Å²) in [6.07, 6.45) is 1.56. The number of anilines is 2. The van der Waals surface area contributed by atoms with E-state index in [9.17, 15) is 10.2 Å². The van der Waals surface area contributed by atoms with Crippen LogP contribution in [-0.2, 0) is 0 Å². The Morgan fingerprint density at radius 3 is 2.79 bits per heavy atom. The molecule has 0 spiro atoms. The van der Waals surface area contributed by atoms with Crippen LogP contribution in [0.3, 0.4) is 0 Å². The monoisotopic (exact) mass is 417 g/mol. The van der Waals surface area contributed by atoms with Crippen LogP contribution in [-0.4, -0.2) is 36.8 Å². The molecule has 146 valence electrons. The Hall–Kier alpha value is -2.16. The molecule has 4 unspecified atom stereocenters. The van der Waals surface area contributed by atoms with Crippen molar-refractivity contribution in [2.45, 2.75) is 38.3 Å². The second-order valence-corrected chi connectivity index (χ2v) is 9.49. The number of nitrogen functional groups attached to an aromatic ring is 1. The number of hydrogen-bond donors (Lipinski definition) is 4. The maximum Gasteiger partial charge on any atom is 0.223 e. The summed E-state index contributed by atoms with van der Waals surface area (Å²) in [5.41, 5.74) is 6.66. The van der Waals surface area contributed by atoms with E-state index in [0.717, 1.165) is 23.1 Å². The van der Waals surface area contributed by atoms with Gasteiger partial charge in [0.25, 0.3) is 0 Å². The lowest BCUT2D eigenvalue weighted by Gasteiger charge is -2.35. The number of nitrogens with two attached hydrogens (primary N) is 1. The van der Waals surface area contributed by atoms with Crippen LogP contribution in [0.25, 0.3) is 20.8 Å². The number of phenols is 1. The van der Waals surface area contributed by atoms with Gasteiger partial charge in [-0.2, -0.15) is 4.98 Å². The van der Waals surface area contributed by atoms with Crippen LogP contribution in [0.1, 0.15) is 26.7 Å². The fourth-order valence-corrected chi connectivity index (χ4v) is 6.06. The molecule has 3 aromatic rings. The first kappa shape index (κ1) is 17.9. The predicted molar refractivity (Wildman–Crippen MR) is 111 cm³/mol. The van der Waals surface area contributed by atoms with Gasteiger partial charge in [0, 0.05) is 11.0 Å². The number of halogens is 1. The third-order valence-electron chi connectivity index (χ3n) is 6.66. The Bertz CT molecular complexity index is 1120. The van der Waals surface area contributed by atoms with Gasteiger partial charge in [-0.1, -0.05) is 18.5 Å². The lowest BCUT2D eigenvalue weighted by Crippen LogP contribution is -2.43. The molecule has 0 bridgehead atoms. The van der Waals surface area contributed by atoms with Crippen molar-refractivity contribution in [3.63, 3.8) is 0 Å². The van der Waals surface area contributed by atoms with Crippen LogP contribution in [0.5, 0.6) is 5.75 Å². The summed E-state index contributed by atoms with van der Waals surface area (Å²) in [5, 5.41) is 24.5. The van der Waals surface area contributed by atoms with Crippen molar-refractivity contribution in [3.8, 4) is 16.3 Å². The van der Waals surface area contributed by atoms with Gasteiger partial charge in [0.1, 0.15) is 21.7 Å². The molecule has 2 heterocycles. The molecule has 2 aliphatic carbocycles. The van der Waals surface area contributed by atoms with E-state index in [2.05, 4.69) is 34.1 Å². The zero-order valence-corrected chi connectivity index (χ0v) is 17.0. The average Bonchev–Trinajstić information content (AvgIpc) is 2.91. The SMILES string of the molecule is CC1(Nc2nc(N)nc(Cl)c2-c2nc3ccc(O)cc3s2)CCC2C(O)C21C. The van der Waals surface area contributed by atoms with Crippen LogP contribution in [0.2, 0.25) is 5.15 Å². The molecule has 4 atom stereocenters. The van der Waals surface area contributed by atoms with Crippen LogP contribution in [0.4, 0.5) is 11.8 Å². The molecule has 0 saturated heterocycles. The van der Waals surface area contributed by atoms with Crippen LogP contribution in [0, 0.1) is 11.3 Å². The Labute approximate surface area is 170 Å². The van der Waals surface area contributed by atoms with Crippen LogP contribution >= 0.6 is 22.9 Å². The van der Waals surface area contributed by atoms with Gasteiger partial charge in [0.2, 0.25) is 5.95 Å². The zero-order chi connectivity index (χ0) is 19.8. The number of nitrogens with zero attached hydrogens (tertiary/aromatic N) is 3. The molecule has 0 radical (unpaired) electrons. The van der Waals surface area contributed by atoms with Crippen molar-refractivity contribution in [1.29, 1.82) is 0 Å². The van der Waals surface area contributed by atoms with E-state index in [0.29, 0.717) is 22.3 Å². The molecule has 2 saturated carbocycles. The predicted octanol–water partition coefficient (Wildman–Crippen LogP) is 3.66. The van der Waals surface area contributed by atoms with E-state index < -0.39 is 0 Å². The molecule has 2 fully saturated rings. The van der Waals surface area contributed by atoms with Gasteiger partial charge >= 0.3 is 0 Å². The molecular formula is C19H20ClN5O2S. The number of aliphatic hydroxyl groups is 1. The molecular weight excluding hydrogens is 398 g/mol. The summed E-state index contributed by atoms with van der Waals surface area (Å²) in [6.45, 7) is 4.21. The number of aliphatic hydroxyl groups excluding tert-OH is 1. The zero-order valence-electron chi connectivity index (χ0n) is 15.4. The minimum atomic E-state index is -0.342. The number of aromatic nitrogens is 3. The average molecular weight is 418 g/mol. The molecule has 5 rings (SSSR count). The van der Waals surface area contributed by atoms with E-state index in [1.165, 1.54) is 11.3 Å². The van der Waals surface area contributed by atoms with Crippen molar-refractivity contribution in [3.05, 3.63) is 23.4 Å². The Kier molecular flexibility index (Phi) is 3.63. The Morgan fingerprint density at radius 1 is 1.29 bits per heavy atom. The number of rotatable bonds is 3. The summed E-state index contributed by atoms with van der Waals surface area (Å²) in [7, 11) is 0. The maximum absolute atomic E-state index is 10.4. The molecule has 2 aliphatic rings. The Balaban J connectivity index is 1.62. The largest absolute Gasteiger partial charge is 0.508 e. The molecule has 2 aromatic heterocycles. The molecule has 0 aliphatic heterocycles. The number of aromatic hydroxyl groups is 1. The molecule has 1 aromatic carbocycles. The number of nitrogens with one attached hydrogen (secondary N) is 1. The van der Waals surface area contributed by atoms with Crippen molar-refractivity contribution >= 4 is 44.9 Å². The molecule has 7 nitrogen and oxygen atoms in total. The third-order valence-corrected chi connectivity index (χ3v) is 7.97. The van der Waals surface area contributed by atoms with Crippen molar-refractivity contribution < 1.29 is 10.2 Å². The van der Waals surface area contributed by atoms with Gasteiger partial charge in [-0.25, -0.2) is 9.97 Å². The first-order chi connectivity index (χ1) is 13.2. The second-order valence-electron chi connectivity index (χ2n) is 8.10. The fraction of sp³-hybridized carbons (Fsp3) is 0.421. The standard InChI is InChI=1S/C19H20ClN5O2S/c1-18(6-5-9-13(27)19(9,18)2)25-15-12(14(20)23-17(21)24-15)16-22-10-4-3-8(26)7-11(10)28-16/h3-4,7,9,13,26-27H,5-6H2,1-2H3,(H3,21,23,24,25). The minimum Gasteiger partial charge on any atom is -0.508 e. The number of benzene rings is 1. The normalized spacial score (nSPS) is 31.1. The first-order valence-corrected chi connectivity index (χ1v) is 10.3. The van der Waals surface area contributed by atoms with Crippen molar-refractivity contribution in [2.75, 3.05) is 11.1 Å². The molecule has 5 N–H and O–H groups in total. The highest BCUT2D eigenvalue weighted by molar-refractivity contribution is 7.21. The molecule has 0 amide bonds. The lowest BCUT2D eigenvalue weighted by molar-refractivity contribution is 0.172. The van der Waals surface area contributed by atoms with Gasteiger partial charge in [-0.15, -0.1) is 11.3 Å². The van der Waals surface area contributed by atoms with Gasteiger partial charge < -0.3 is 21.3 Å². The fourth-order valence-electron chi connectivity index (χ4n) is 4.69. The van der Waals surface area contributed by atoms with E-state index in [4.69, 9.17) is 17.3 Å². The summed E-state index contributed by atoms with van der Waals surface area (Å²) < 4.78 is 0.838. The summed E-state index contributed by atoms with van der Waals surface area (Å²) in [4.78, 5) is 13.2. The highest BCUT2D eigenvalue weighted by Gasteiger charge is 2.73. The third kappa shape index (κ3) is 2.34. The highest BCUT2D eigenvalue weighted by atomic mass is 35.5. The smallest absolute Gasteiger partial charge is 0.223 e. The number of hydrogen-bond acceptors (Lipinski definition) is 8. The van der Waals surface area contributed by atoms with Crippen LogP contribution in [0.15, 0.2) is 18.2 Å². The highest BCUT2D eigenvalue weighted by Crippen LogP contribution is 2.68. The summed E-state index contributed by atoms with van der Waals surface area (Å²) in [6, 6.07) is 5.02. The first-order valence-electron chi connectivity index (χ1n) is 9.12. The van der Waals surface area contributed by atoms with Crippen molar-refractivity contribution in [1.82, 2.24) is 15.0 Å². The maximum atomic E-state index is 10.4. The van der Waals surface area contributed by atoms with E-state index >= 15 is 0 Å². The van der Waals surface area contributed by atoms with E-state index in [1.807, 2.05) is 0 Å². The molecule has 28 heavy (non-hydrogen) atoms. The summed E-state index contributed by atoms with van der Waals surface area (Å²) >= 11 is 7.87. The van der Waals surface area contributed by atoms with Gasteiger partial charge in [-0.05, 0) is 43.9 Å². The van der Waals surface area contributed by atoms with Gasteiger partial charge in [0.15, 0.2) is 0 Å². The number of phenolic OH excluding ortho intramolecular Hbond substituents is 1. The number of thiazole rings is 1. The lowest BCUT2D eigenvalue weighted by atomic mass is 9.84. The van der Waals surface area contributed by atoms with Gasteiger partial charge in [-0.3, -0.25) is 0 Å².